The van der Waals surface area contributed by atoms with E-state index < -0.39 is 17.5 Å². The Morgan fingerprint density at radius 3 is 2.18 bits per heavy atom. The second-order valence-electron chi connectivity index (χ2n) is 1.60. The molecule has 0 saturated carbocycles. The molecule has 0 aliphatic carbocycles. The van der Waals surface area contributed by atoms with Gasteiger partial charge in [-0.3, -0.25) is 9.59 Å². The quantitative estimate of drug-likeness (QED) is 0.372. The molecule has 0 atom stereocenters. The predicted octanol–water partition coefficient (Wildman–Crippen LogP) is 0.00420. The number of hydrogen-bond acceptors (Lipinski definition) is 3. The number of hydrogen-bond donors (Lipinski definition) is 1. The van der Waals surface area contributed by atoms with Crippen molar-refractivity contribution in [3.63, 3.8) is 0 Å². The van der Waals surface area contributed by atoms with Gasteiger partial charge < -0.3 is 5.11 Å². The van der Waals surface area contributed by atoms with Gasteiger partial charge in [-0.05, 0) is 12.2 Å². The van der Waals surface area contributed by atoms with E-state index in [9.17, 15) is 14.4 Å². The maximum Gasteiger partial charge on any atom is 0.376 e. The van der Waals surface area contributed by atoms with Crippen molar-refractivity contribution in [2.75, 3.05) is 5.88 Å². The zero-order valence-corrected chi connectivity index (χ0v) is 6.17. The van der Waals surface area contributed by atoms with E-state index in [0.717, 1.165) is 6.08 Å². The van der Waals surface area contributed by atoms with Crippen molar-refractivity contribution >= 4 is 29.1 Å². The number of ketones is 2. The SMILES string of the molecule is O=C(/C=C/C(=O)C(=O)O)CCl. The third-order valence-electron chi connectivity index (χ3n) is 0.763. The summed E-state index contributed by atoms with van der Waals surface area (Å²) < 4.78 is 0. The third kappa shape index (κ3) is 4.27. The van der Waals surface area contributed by atoms with Gasteiger partial charge >= 0.3 is 5.97 Å². The first-order chi connectivity index (χ1) is 5.07. The van der Waals surface area contributed by atoms with E-state index in [1.165, 1.54) is 0 Å². The number of carboxylic acid groups (broad SMARTS) is 1. The summed E-state index contributed by atoms with van der Waals surface area (Å²) in [6.07, 6.45) is 1.51. The minimum atomic E-state index is -1.59. The second-order valence-corrected chi connectivity index (χ2v) is 1.87. The number of carbonyl (C=O) groups excluding carboxylic acids is 2. The Kier molecular flexibility index (Phi) is 4.14. The molecule has 4 nitrogen and oxygen atoms in total. The fraction of sp³-hybridized carbons (Fsp3) is 0.167. The van der Waals surface area contributed by atoms with Crippen LogP contribution >= 0.6 is 11.6 Å². The smallest absolute Gasteiger partial charge is 0.376 e. The van der Waals surface area contributed by atoms with Crippen LogP contribution in [-0.4, -0.2) is 28.5 Å². The molecule has 0 bridgehead atoms. The van der Waals surface area contributed by atoms with Crippen LogP contribution in [0, 0.1) is 0 Å². The third-order valence-corrected chi connectivity index (χ3v) is 1.03. The predicted molar refractivity (Wildman–Crippen MR) is 37.5 cm³/mol. The van der Waals surface area contributed by atoms with Gasteiger partial charge in [-0.2, -0.15) is 0 Å². The number of allylic oxidation sites excluding steroid dienone is 1. The lowest BCUT2D eigenvalue weighted by atomic mass is 10.3. The lowest BCUT2D eigenvalue weighted by molar-refractivity contribution is -0.146. The van der Waals surface area contributed by atoms with Crippen LogP contribution in [-0.2, 0) is 14.4 Å². The summed E-state index contributed by atoms with van der Waals surface area (Å²) in [5, 5.41) is 8.02. The molecule has 0 radical (unpaired) electrons. The van der Waals surface area contributed by atoms with Crippen molar-refractivity contribution in [3.05, 3.63) is 12.2 Å². The fourth-order valence-corrected chi connectivity index (χ4v) is 0.374. The van der Waals surface area contributed by atoms with E-state index in [4.69, 9.17) is 16.7 Å². The normalized spacial score (nSPS) is 9.91. The summed E-state index contributed by atoms with van der Waals surface area (Å²) in [6.45, 7) is 0. The summed E-state index contributed by atoms with van der Waals surface area (Å²) >= 11 is 5.06. The molecule has 1 N–H and O–H groups in total. The number of alkyl halides is 1. The molecule has 0 heterocycles. The van der Waals surface area contributed by atoms with Gasteiger partial charge in [-0.25, -0.2) is 4.79 Å². The second kappa shape index (κ2) is 4.62. The minimum Gasteiger partial charge on any atom is -0.475 e. The van der Waals surface area contributed by atoms with Crippen molar-refractivity contribution in [1.29, 1.82) is 0 Å². The summed E-state index contributed by atoms with van der Waals surface area (Å²) in [5.41, 5.74) is 0. The van der Waals surface area contributed by atoms with Crippen LogP contribution < -0.4 is 0 Å². The number of halogens is 1. The first-order valence-electron chi connectivity index (χ1n) is 2.62. The highest BCUT2D eigenvalue weighted by atomic mass is 35.5. The summed E-state index contributed by atoms with van der Waals surface area (Å²) in [5.74, 6) is -3.49. The number of carbonyl (C=O) groups is 3. The topological polar surface area (TPSA) is 71.4 Å². The Hall–Kier alpha value is -1.16. The summed E-state index contributed by atoms with van der Waals surface area (Å²) in [7, 11) is 0. The maximum atomic E-state index is 10.4. The number of carboxylic acids is 1. The Morgan fingerprint density at radius 2 is 1.82 bits per heavy atom. The Labute approximate surface area is 67.5 Å². The molecule has 0 fully saturated rings. The molecule has 0 aromatic rings. The van der Waals surface area contributed by atoms with Gasteiger partial charge in [0.1, 0.15) is 0 Å². The molecule has 0 amide bonds. The van der Waals surface area contributed by atoms with Gasteiger partial charge in [-0.15, -0.1) is 11.6 Å². The zero-order valence-electron chi connectivity index (χ0n) is 5.41. The van der Waals surface area contributed by atoms with Gasteiger partial charge in [0.2, 0.25) is 0 Å². The molecule has 0 aliphatic heterocycles. The van der Waals surface area contributed by atoms with Gasteiger partial charge in [0.05, 0.1) is 5.88 Å². The van der Waals surface area contributed by atoms with E-state index in [0.29, 0.717) is 6.08 Å². The highest BCUT2D eigenvalue weighted by molar-refractivity contribution is 6.38. The molecule has 0 unspecified atom stereocenters. The van der Waals surface area contributed by atoms with Crippen molar-refractivity contribution in [2.45, 2.75) is 0 Å². The van der Waals surface area contributed by atoms with Crippen molar-refractivity contribution in [2.24, 2.45) is 0 Å². The van der Waals surface area contributed by atoms with Crippen LogP contribution in [0.2, 0.25) is 0 Å². The minimum absolute atomic E-state index is 0.261. The molecule has 0 aromatic carbocycles. The molecule has 5 heteroatoms. The van der Waals surface area contributed by atoms with Crippen molar-refractivity contribution in [3.8, 4) is 0 Å². The molecule has 0 rings (SSSR count). The van der Waals surface area contributed by atoms with Gasteiger partial charge in [0.15, 0.2) is 5.78 Å². The molecule has 0 aliphatic rings. The van der Waals surface area contributed by atoms with Crippen LogP contribution in [0.15, 0.2) is 12.2 Å². The molecular formula is C6H5ClO4. The maximum absolute atomic E-state index is 10.4. The van der Waals surface area contributed by atoms with Crippen LogP contribution in [0.4, 0.5) is 0 Å². The average molecular weight is 177 g/mol. The molecule has 0 aromatic heterocycles. The first kappa shape index (κ1) is 9.84. The van der Waals surface area contributed by atoms with Crippen molar-refractivity contribution < 1.29 is 19.5 Å². The van der Waals surface area contributed by atoms with Crippen LogP contribution in [0.5, 0.6) is 0 Å². The van der Waals surface area contributed by atoms with Crippen molar-refractivity contribution in [1.82, 2.24) is 0 Å². The lowest BCUT2D eigenvalue weighted by Crippen LogP contribution is -2.09. The largest absolute Gasteiger partial charge is 0.475 e. The van der Waals surface area contributed by atoms with Gasteiger partial charge in [-0.1, -0.05) is 0 Å². The van der Waals surface area contributed by atoms with E-state index in [-0.39, 0.29) is 5.88 Å². The molecule has 0 saturated heterocycles. The first-order valence-corrected chi connectivity index (χ1v) is 3.15. The summed E-state index contributed by atoms with van der Waals surface area (Å²) in [6, 6.07) is 0. The van der Waals surface area contributed by atoms with Gasteiger partial charge in [0.25, 0.3) is 5.78 Å². The van der Waals surface area contributed by atoms with E-state index in [1.807, 2.05) is 0 Å². The molecule has 0 spiro atoms. The Bertz CT molecular complexity index is 219. The number of rotatable bonds is 4. The molecular weight excluding hydrogens is 172 g/mol. The zero-order chi connectivity index (χ0) is 8.85. The van der Waals surface area contributed by atoms with Gasteiger partial charge in [0, 0.05) is 0 Å². The van der Waals surface area contributed by atoms with E-state index in [1.54, 1.807) is 0 Å². The standard InChI is InChI=1S/C6H5ClO4/c7-3-4(8)1-2-5(9)6(10)11/h1-2H,3H2,(H,10,11)/b2-1+. The summed E-state index contributed by atoms with van der Waals surface area (Å²) in [4.78, 5) is 30.5. The van der Waals surface area contributed by atoms with Crippen LogP contribution in [0.3, 0.4) is 0 Å². The molecule has 11 heavy (non-hydrogen) atoms. The highest BCUT2D eigenvalue weighted by Gasteiger charge is 2.06. The Morgan fingerprint density at radius 1 is 1.27 bits per heavy atom. The lowest BCUT2D eigenvalue weighted by Gasteiger charge is -1.82. The monoisotopic (exact) mass is 176 g/mol. The van der Waals surface area contributed by atoms with E-state index >= 15 is 0 Å². The average Bonchev–Trinajstić information content (AvgIpc) is 1.99. The van der Waals surface area contributed by atoms with E-state index in [2.05, 4.69) is 0 Å². The Balaban J connectivity index is 4.04. The number of aliphatic carboxylic acids is 1. The highest BCUT2D eigenvalue weighted by Crippen LogP contribution is 1.83. The fourth-order valence-electron chi connectivity index (χ4n) is 0.284. The van der Waals surface area contributed by atoms with Crippen LogP contribution in [0.25, 0.3) is 0 Å². The molecule has 60 valence electrons. The van der Waals surface area contributed by atoms with Crippen LogP contribution in [0.1, 0.15) is 0 Å².